The average Bonchev–Trinajstić information content (AvgIpc) is 2.08. The molecule has 13 heavy (non-hydrogen) atoms. The van der Waals surface area contributed by atoms with Gasteiger partial charge in [-0.1, -0.05) is 6.08 Å². The second kappa shape index (κ2) is 13.8. The monoisotopic (exact) mass is 227 g/mol. The van der Waals surface area contributed by atoms with Gasteiger partial charge in [0.25, 0.3) is 6.47 Å². The van der Waals surface area contributed by atoms with Crippen molar-refractivity contribution < 1.29 is 24.3 Å². The minimum atomic E-state index is -3.13. The molecule has 0 saturated carbocycles. The largest absolute Gasteiger partial charge is 0.483 e. The summed E-state index contributed by atoms with van der Waals surface area (Å²) in [6.45, 7) is -0.250. The number of carboxylic acid groups (broad SMARTS) is 1. The van der Waals surface area contributed by atoms with Crippen molar-refractivity contribution >= 4 is 26.7 Å². The third-order valence-electron chi connectivity index (χ3n) is 0.490. The summed E-state index contributed by atoms with van der Waals surface area (Å²) < 4.78 is 11.7. The Labute approximate surface area is 80.1 Å². The Kier molecular flexibility index (Phi) is 15.7. The van der Waals surface area contributed by atoms with E-state index in [2.05, 4.69) is 4.72 Å². The highest BCUT2D eigenvalue weighted by molar-refractivity contribution is 8.00. The molecule has 0 aliphatic carbocycles. The summed E-state index contributed by atoms with van der Waals surface area (Å²) in [5.41, 5.74) is 0. The highest BCUT2D eigenvalue weighted by Crippen LogP contribution is 1.99. The molecule has 0 amide bonds. The third-order valence-corrected chi connectivity index (χ3v) is 1.06. The fraction of sp³-hybridized carbons (Fsp3) is 0. The summed E-state index contributed by atoms with van der Waals surface area (Å²) in [5, 5.41) is 8.88. The number of nitrogens with one attached hydrogen (secondary N) is 1. The molecule has 8 heteroatoms. The van der Waals surface area contributed by atoms with Gasteiger partial charge in [-0.15, -0.1) is 0 Å². The maximum atomic E-state index is 8.74. The normalized spacial score (nSPS) is 11.6. The van der Waals surface area contributed by atoms with E-state index < -0.39 is 8.25 Å². The maximum absolute atomic E-state index is 8.74. The van der Waals surface area contributed by atoms with Gasteiger partial charge in [-0.05, 0) is 23.4 Å². The molecule has 6 nitrogen and oxygen atoms in total. The fourth-order valence-corrected chi connectivity index (χ4v) is 0.663. The first-order valence-corrected chi connectivity index (χ1v) is 5.06. The summed E-state index contributed by atoms with van der Waals surface area (Å²) in [4.78, 5) is 22.7. The molecule has 0 saturated heterocycles. The van der Waals surface area contributed by atoms with Crippen molar-refractivity contribution in [3.63, 3.8) is 0 Å². The van der Waals surface area contributed by atoms with Gasteiger partial charge < -0.3 is 19.6 Å². The van der Waals surface area contributed by atoms with Gasteiger partial charge in [0.15, 0.2) is 0 Å². The lowest BCUT2D eigenvalue weighted by molar-refractivity contribution is -0.122. The van der Waals surface area contributed by atoms with E-state index in [-0.39, 0.29) is 6.47 Å². The first kappa shape index (κ1) is 14.8. The molecule has 0 spiro atoms. The van der Waals surface area contributed by atoms with Crippen molar-refractivity contribution in [2.75, 3.05) is 0 Å². The van der Waals surface area contributed by atoms with Crippen LogP contribution in [0.4, 0.5) is 0 Å². The van der Waals surface area contributed by atoms with Crippen LogP contribution >= 0.6 is 20.2 Å². The van der Waals surface area contributed by atoms with Gasteiger partial charge in [0.05, 0.1) is 0 Å². The van der Waals surface area contributed by atoms with E-state index in [0.29, 0.717) is 0 Å². The van der Waals surface area contributed by atoms with Gasteiger partial charge in [0, 0.05) is 6.20 Å². The number of allylic oxidation sites excluding steroid dienone is 2. The SMILES string of the molecule is C1=CNSC=C1.O=CO.O=[PH](O)O. The zero-order chi connectivity index (χ0) is 10.5. The van der Waals surface area contributed by atoms with Crippen LogP contribution in [0.1, 0.15) is 0 Å². The van der Waals surface area contributed by atoms with Crippen LogP contribution in [0.3, 0.4) is 0 Å². The molecule has 0 radical (unpaired) electrons. The summed E-state index contributed by atoms with van der Waals surface area (Å²) in [6.07, 6.45) is 5.84. The molecule has 1 aliphatic rings. The topological polar surface area (TPSA) is 107 Å². The second-order valence-corrected chi connectivity index (χ2v) is 2.62. The molecular formula is C5H10NO5PS. The first-order chi connectivity index (χ1) is 6.15. The number of rotatable bonds is 0. The lowest BCUT2D eigenvalue weighted by Gasteiger charge is -1.93. The maximum Gasteiger partial charge on any atom is 0.314 e. The summed E-state index contributed by atoms with van der Waals surface area (Å²) in [7, 11) is -3.13. The van der Waals surface area contributed by atoms with Crippen molar-refractivity contribution in [2.24, 2.45) is 0 Å². The highest BCUT2D eigenvalue weighted by Gasteiger charge is 1.74. The van der Waals surface area contributed by atoms with Gasteiger partial charge in [0.2, 0.25) is 0 Å². The molecule has 0 atom stereocenters. The van der Waals surface area contributed by atoms with E-state index in [1.165, 1.54) is 0 Å². The van der Waals surface area contributed by atoms with E-state index in [9.17, 15) is 0 Å². The predicted octanol–water partition coefficient (Wildman–Crippen LogP) is 0.327. The van der Waals surface area contributed by atoms with Crippen molar-refractivity contribution in [1.29, 1.82) is 0 Å². The van der Waals surface area contributed by atoms with E-state index in [1.54, 1.807) is 11.9 Å². The minimum absolute atomic E-state index is 0.250. The molecule has 76 valence electrons. The van der Waals surface area contributed by atoms with Crippen LogP contribution in [0, 0.1) is 0 Å². The predicted molar refractivity (Wildman–Crippen MR) is 51.1 cm³/mol. The number of carbonyl (C=O) groups is 1. The van der Waals surface area contributed by atoms with Crippen LogP contribution in [0.15, 0.2) is 23.8 Å². The van der Waals surface area contributed by atoms with Crippen LogP contribution in [0.2, 0.25) is 0 Å². The zero-order valence-corrected chi connectivity index (χ0v) is 8.27. The standard InChI is InChI=1S/C4H5NS.CH2O2.H3O3P/c1-2-4-6-5-3-1;2-1-3;1-4(2)3/h1-5H;1H,(H,2,3);4H,(H2,1,2,3). The van der Waals surface area contributed by atoms with Gasteiger partial charge in [-0.3, -0.25) is 9.36 Å². The molecular weight excluding hydrogens is 217 g/mol. The quantitative estimate of drug-likeness (QED) is 0.268. The van der Waals surface area contributed by atoms with Crippen molar-refractivity contribution in [1.82, 2.24) is 4.72 Å². The molecule has 1 aliphatic heterocycles. The Hall–Kier alpha value is -0.750. The molecule has 0 aromatic heterocycles. The smallest absolute Gasteiger partial charge is 0.314 e. The first-order valence-electron chi connectivity index (χ1n) is 2.87. The Morgan fingerprint density at radius 1 is 1.38 bits per heavy atom. The Bertz CT molecular complexity index is 179. The summed E-state index contributed by atoms with van der Waals surface area (Å²) >= 11 is 1.58. The van der Waals surface area contributed by atoms with Crippen LogP contribution in [-0.4, -0.2) is 21.4 Å². The summed E-state index contributed by atoms with van der Waals surface area (Å²) in [5.74, 6) is 0. The molecule has 1 heterocycles. The number of hydrogen-bond acceptors (Lipinski definition) is 4. The van der Waals surface area contributed by atoms with E-state index in [4.69, 9.17) is 24.3 Å². The van der Waals surface area contributed by atoms with Gasteiger partial charge in [-0.25, -0.2) is 0 Å². The molecule has 0 bridgehead atoms. The van der Waals surface area contributed by atoms with Crippen LogP contribution < -0.4 is 4.72 Å². The summed E-state index contributed by atoms with van der Waals surface area (Å²) in [6, 6.07) is 0. The van der Waals surface area contributed by atoms with Crippen molar-refractivity contribution in [3.05, 3.63) is 23.8 Å². The second-order valence-electron chi connectivity index (χ2n) is 1.31. The van der Waals surface area contributed by atoms with Crippen molar-refractivity contribution in [2.45, 2.75) is 0 Å². The Morgan fingerprint density at radius 3 is 1.92 bits per heavy atom. The number of hydrogen-bond donors (Lipinski definition) is 4. The zero-order valence-electron chi connectivity index (χ0n) is 6.45. The lowest BCUT2D eigenvalue weighted by atomic mass is 10.6. The van der Waals surface area contributed by atoms with E-state index in [1.807, 2.05) is 23.8 Å². The molecule has 0 unspecified atom stereocenters. The van der Waals surface area contributed by atoms with Gasteiger partial charge in [-0.2, -0.15) is 0 Å². The fourth-order valence-electron chi connectivity index (χ4n) is 0.258. The highest BCUT2D eigenvalue weighted by atomic mass is 32.2. The van der Waals surface area contributed by atoms with Crippen LogP contribution in [0.5, 0.6) is 0 Å². The minimum Gasteiger partial charge on any atom is -0.483 e. The molecule has 1 rings (SSSR count). The third kappa shape index (κ3) is 34.9. The van der Waals surface area contributed by atoms with E-state index in [0.717, 1.165) is 0 Å². The lowest BCUT2D eigenvalue weighted by Crippen LogP contribution is -1.88. The van der Waals surface area contributed by atoms with Crippen molar-refractivity contribution in [3.8, 4) is 0 Å². The molecule has 4 N–H and O–H groups in total. The Morgan fingerprint density at radius 2 is 1.85 bits per heavy atom. The van der Waals surface area contributed by atoms with Gasteiger partial charge >= 0.3 is 8.25 Å². The molecule has 0 aromatic rings. The molecule has 0 aromatic carbocycles. The van der Waals surface area contributed by atoms with Crippen LogP contribution in [-0.2, 0) is 9.36 Å². The van der Waals surface area contributed by atoms with E-state index >= 15 is 0 Å². The van der Waals surface area contributed by atoms with Crippen LogP contribution in [0.25, 0.3) is 0 Å². The Balaban J connectivity index is 0. The molecule has 0 fully saturated rings. The van der Waals surface area contributed by atoms with Gasteiger partial charge in [0.1, 0.15) is 0 Å². The average molecular weight is 227 g/mol.